The highest BCUT2D eigenvalue weighted by atomic mass is 32.2. The molecule has 0 bridgehead atoms. The molecule has 0 aliphatic carbocycles. The molecule has 3 amide bonds. The molecule has 8 nitrogen and oxygen atoms in total. The topological polar surface area (TPSA) is 97.7 Å². The lowest BCUT2D eigenvalue weighted by Crippen LogP contribution is -2.43. The van der Waals surface area contributed by atoms with Crippen LogP contribution in [0.15, 0.2) is 34.1 Å². The van der Waals surface area contributed by atoms with Gasteiger partial charge < -0.3 is 9.64 Å². The minimum Gasteiger partial charge on any atom is -0.378 e. The van der Waals surface area contributed by atoms with E-state index in [-0.39, 0.29) is 17.3 Å². The van der Waals surface area contributed by atoms with E-state index in [2.05, 4.69) is 5.32 Å². The standard InChI is InChI=1S/C20H18FN3O5S2/c21-11-3-1-10(2-4-11)13-14-15(18(27)22-17(14)26)30-19-16(13)31-20(28)24(19)9-12(25)23-5-7-29-8-6-23/h1-4,13-15H,5-9H2,(H,22,26,27)/t13-,14+,15-/m0/s1. The van der Waals surface area contributed by atoms with Crippen LogP contribution in [0.5, 0.6) is 0 Å². The Morgan fingerprint density at radius 3 is 2.55 bits per heavy atom. The third-order valence-corrected chi connectivity index (χ3v) is 8.39. The van der Waals surface area contributed by atoms with Gasteiger partial charge in [0.05, 0.1) is 24.2 Å². The van der Waals surface area contributed by atoms with Crippen molar-refractivity contribution in [3.05, 3.63) is 50.2 Å². The summed E-state index contributed by atoms with van der Waals surface area (Å²) in [5.41, 5.74) is 0.649. The van der Waals surface area contributed by atoms with Crippen molar-refractivity contribution in [3.8, 4) is 0 Å². The molecule has 3 aliphatic rings. The summed E-state index contributed by atoms with van der Waals surface area (Å²) in [5, 5.41) is 2.19. The first-order chi connectivity index (χ1) is 14.9. The normalized spacial score (nSPS) is 25.2. The van der Waals surface area contributed by atoms with E-state index in [1.807, 2.05) is 0 Å². The number of ether oxygens (including phenoxy) is 1. The van der Waals surface area contributed by atoms with Crippen LogP contribution in [0, 0.1) is 11.7 Å². The molecule has 31 heavy (non-hydrogen) atoms. The smallest absolute Gasteiger partial charge is 0.308 e. The van der Waals surface area contributed by atoms with E-state index >= 15 is 0 Å². The number of hydrogen-bond donors (Lipinski definition) is 1. The highest BCUT2D eigenvalue weighted by Crippen LogP contribution is 2.51. The molecule has 1 aromatic carbocycles. The number of carbonyl (C=O) groups is 3. The molecular formula is C20H18FN3O5S2. The Morgan fingerprint density at radius 1 is 1.13 bits per heavy atom. The van der Waals surface area contributed by atoms with Crippen molar-refractivity contribution in [3.63, 3.8) is 0 Å². The number of nitrogens with one attached hydrogen (secondary N) is 1. The van der Waals surface area contributed by atoms with Crippen molar-refractivity contribution in [1.82, 2.24) is 14.8 Å². The maximum Gasteiger partial charge on any atom is 0.308 e. The number of halogens is 1. The lowest BCUT2D eigenvalue weighted by molar-refractivity contribution is -0.136. The number of carbonyl (C=O) groups excluding carboxylic acids is 3. The second kappa shape index (κ2) is 7.88. The zero-order valence-electron chi connectivity index (χ0n) is 16.2. The van der Waals surface area contributed by atoms with E-state index in [0.717, 1.165) is 23.1 Å². The van der Waals surface area contributed by atoms with E-state index in [1.54, 1.807) is 17.0 Å². The highest BCUT2D eigenvalue weighted by Gasteiger charge is 2.52. The predicted octanol–water partition coefficient (Wildman–Crippen LogP) is 0.786. The molecule has 0 saturated carbocycles. The van der Waals surface area contributed by atoms with Crippen LogP contribution in [-0.2, 0) is 25.7 Å². The van der Waals surface area contributed by atoms with E-state index in [4.69, 9.17) is 4.74 Å². The van der Waals surface area contributed by atoms with Gasteiger partial charge in [-0.2, -0.15) is 0 Å². The van der Waals surface area contributed by atoms with Gasteiger partial charge >= 0.3 is 4.87 Å². The van der Waals surface area contributed by atoms with Gasteiger partial charge in [0, 0.05) is 23.9 Å². The molecule has 2 aromatic rings. The van der Waals surface area contributed by atoms with Crippen molar-refractivity contribution >= 4 is 40.8 Å². The molecule has 11 heteroatoms. The van der Waals surface area contributed by atoms with E-state index in [9.17, 15) is 23.6 Å². The van der Waals surface area contributed by atoms with Gasteiger partial charge in [-0.15, -0.1) is 0 Å². The van der Waals surface area contributed by atoms with Gasteiger partial charge in [-0.1, -0.05) is 35.2 Å². The molecule has 2 fully saturated rings. The number of nitrogens with zero attached hydrogens (tertiary/aromatic N) is 2. The molecule has 4 heterocycles. The Morgan fingerprint density at radius 2 is 1.84 bits per heavy atom. The second-order valence-electron chi connectivity index (χ2n) is 7.56. The Bertz CT molecular complexity index is 1120. The molecule has 5 rings (SSSR count). The van der Waals surface area contributed by atoms with Crippen molar-refractivity contribution in [2.24, 2.45) is 5.92 Å². The first-order valence-corrected chi connectivity index (χ1v) is 11.5. The van der Waals surface area contributed by atoms with Gasteiger partial charge in [0.1, 0.15) is 17.6 Å². The first-order valence-electron chi connectivity index (χ1n) is 9.80. The molecule has 3 atom stereocenters. The van der Waals surface area contributed by atoms with E-state index < -0.39 is 34.7 Å². The number of amides is 3. The molecule has 162 valence electrons. The van der Waals surface area contributed by atoms with Gasteiger partial charge in [-0.25, -0.2) is 4.39 Å². The highest BCUT2D eigenvalue weighted by molar-refractivity contribution is 8.00. The summed E-state index contributed by atoms with van der Waals surface area (Å²) in [6, 6.07) is 5.73. The molecule has 1 N–H and O–H groups in total. The number of thiazole rings is 1. The van der Waals surface area contributed by atoms with Crippen LogP contribution >= 0.6 is 23.1 Å². The van der Waals surface area contributed by atoms with Crippen molar-refractivity contribution in [1.29, 1.82) is 0 Å². The molecule has 0 radical (unpaired) electrons. The van der Waals surface area contributed by atoms with Crippen molar-refractivity contribution in [2.45, 2.75) is 22.7 Å². The molecule has 1 aromatic heterocycles. The lowest BCUT2D eigenvalue weighted by Gasteiger charge is -2.31. The quantitative estimate of drug-likeness (QED) is 0.676. The summed E-state index contributed by atoms with van der Waals surface area (Å²) in [4.78, 5) is 52.6. The molecule has 0 spiro atoms. The van der Waals surface area contributed by atoms with Crippen molar-refractivity contribution in [2.75, 3.05) is 26.3 Å². The molecule has 2 saturated heterocycles. The van der Waals surface area contributed by atoms with Crippen LogP contribution in [0.3, 0.4) is 0 Å². The fourth-order valence-electron chi connectivity index (χ4n) is 4.25. The van der Waals surface area contributed by atoms with Crippen LogP contribution in [0.2, 0.25) is 0 Å². The van der Waals surface area contributed by atoms with Crippen LogP contribution in [0.25, 0.3) is 0 Å². The van der Waals surface area contributed by atoms with Gasteiger partial charge in [0.2, 0.25) is 17.7 Å². The Kier molecular flexibility index (Phi) is 5.19. The van der Waals surface area contributed by atoms with E-state index in [0.29, 0.717) is 41.8 Å². The lowest BCUT2D eigenvalue weighted by atomic mass is 9.83. The number of imide groups is 1. The Labute approximate surface area is 184 Å². The SMILES string of the molecule is O=C1NC(=O)[C@H]2Sc3c(sc(=O)n3CC(=O)N3CCOCC3)[C@@H](c3ccc(F)cc3)[C@@H]12. The minimum absolute atomic E-state index is 0.138. The third kappa shape index (κ3) is 3.50. The Hall–Kier alpha value is -2.50. The Balaban J connectivity index is 1.56. The monoisotopic (exact) mass is 463 g/mol. The number of benzene rings is 1. The summed E-state index contributed by atoms with van der Waals surface area (Å²) in [7, 11) is 0. The van der Waals surface area contributed by atoms with Crippen LogP contribution in [0.1, 0.15) is 16.4 Å². The summed E-state index contributed by atoms with van der Waals surface area (Å²) >= 11 is 2.12. The number of thioether (sulfide) groups is 1. The number of hydrogen-bond acceptors (Lipinski definition) is 7. The van der Waals surface area contributed by atoms with Crippen LogP contribution < -0.4 is 10.2 Å². The maximum absolute atomic E-state index is 13.5. The maximum atomic E-state index is 13.5. The number of morpholine rings is 1. The van der Waals surface area contributed by atoms with Gasteiger partial charge in [-0.05, 0) is 17.7 Å². The number of rotatable bonds is 3. The second-order valence-corrected chi connectivity index (χ2v) is 9.69. The zero-order chi connectivity index (χ0) is 21.7. The van der Waals surface area contributed by atoms with Gasteiger partial charge in [-0.3, -0.25) is 29.1 Å². The molecule has 0 unspecified atom stereocenters. The summed E-state index contributed by atoms with van der Waals surface area (Å²) < 4.78 is 20.2. The summed E-state index contributed by atoms with van der Waals surface area (Å²) in [6.45, 7) is 1.70. The van der Waals surface area contributed by atoms with Crippen LogP contribution in [0.4, 0.5) is 4.39 Å². The van der Waals surface area contributed by atoms with Crippen molar-refractivity contribution < 1.29 is 23.5 Å². The predicted molar refractivity (Wildman–Crippen MR) is 111 cm³/mol. The fourth-order valence-corrected chi connectivity index (χ4v) is 6.99. The third-order valence-electron chi connectivity index (χ3n) is 5.77. The molecule has 3 aliphatic heterocycles. The minimum atomic E-state index is -0.714. The van der Waals surface area contributed by atoms with Crippen LogP contribution in [-0.4, -0.2) is 58.7 Å². The van der Waals surface area contributed by atoms with Gasteiger partial charge in [0.25, 0.3) is 0 Å². The molecular weight excluding hydrogens is 445 g/mol. The number of fused-ring (bicyclic) bond motifs is 2. The fraction of sp³-hybridized carbons (Fsp3) is 0.400. The number of aromatic nitrogens is 1. The van der Waals surface area contributed by atoms with Gasteiger partial charge in [0.15, 0.2) is 0 Å². The zero-order valence-corrected chi connectivity index (χ0v) is 17.8. The van der Waals surface area contributed by atoms with E-state index in [1.165, 1.54) is 16.7 Å². The average molecular weight is 464 g/mol. The largest absolute Gasteiger partial charge is 0.378 e. The first kappa shape index (κ1) is 20.4. The summed E-state index contributed by atoms with van der Waals surface area (Å²) in [6.07, 6.45) is 0. The summed E-state index contributed by atoms with van der Waals surface area (Å²) in [5.74, 6) is -2.69. The average Bonchev–Trinajstić information content (AvgIpc) is 3.23.